The Kier molecular flexibility index (Phi) is 7.41. The molecule has 14 heteroatoms. The third-order valence-corrected chi connectivity index (χ3v) is 8.92. The first kappa shape index (κ1) is 26.1. The van der Waals surface area contributed by atoms with Crippen LogP contribution in [0.25, 0.3) is 0 Å². The van der Waals surface area contributed by atoms with E-state index in [1.165, 1.54) is 22.6 Å². The Morgan fingerprint density at radius 1 is 1.11 bits per heavy atom. The first-order chi connectivity index (χ1) is 17.0. The number of aryl methyl sites for hydroxylation is 2. The zero-order valence-electron chi connectivity index (χ0n) is 19.8. The normalized spacial score (nSPS) is 15.1. The van der Waals surface area contributed by atoms with Gasteiger partial charge in [0, 0.05) is 26.2 Å². The lowest BCUT2D eigenvalue weighted by Gasteiger charge is -2.31. The molecule has 0 aliphatic carbocycles. The van der Waals surface area contributed by atoms with E-state index >= 15 is 0 Å². The first-order valence-corrected chi connectivity index (χ1v) is 13.3. The van der Waals surface area contributed by atoms with Crippen LogP contribution in [0.5, 0.6) is 0 Å². The number of piperidine rings is 1. The van der Waals surface area contributed by atoms with Crippen LogP contribution in [0.4, 0.5) is 5.69 Å². The summed E-state index contributed by atoms with van der Waals surface area (Å²) in [6, 6.07) is 4.43. The molecule has 11 nitrogen and oxygen atoms in total. The van der Waals surface area contributed by atoms with Crippen LogP contribution in [-0.4, -0.2) is 63.6 Å². The molecule has 1 aromatic carbocycles. The number of H-pyrrole nitrogens is 1. The Hall–Kier alpha value is -2.93. The average molecular weight is 554 g/mol. The Bertz CT molecular complexity index is 1410. The Labute approximate surface area is 218 Å². The highest BCUT2D eigenvalue weighted by Gasteiger charge is 2.34. The number of carbonyl (C=O) groups excluding carboxylic acids is 2. The number of hydrogen-bond donors (Lipinski definition) is 3. The van der Waals surface area contributed by atoms with Gasteiger partial charge in [0.05, 0.1) is 38.9 Å². The summed E-state index contributed by atoms with van der Waals surface area (Å²) in [6.07, 6.45) is 2.16. The van der Waals surface area contributed by atoms with Crippen LogP contribution in [0.15, 0.2) is 29.3 Å². The number of aromatic amines is 1. The van der Waals surface area contributed by atoms with Crippen LogP contribution in [0.2, 0.25) is 10.0 Å². The van der Waals surface area contributed by atoms with Crippen molar-refractivity contribution in [2.75, 3.05) is 18.4 Å². The van der Waals surface area contributed by atoms with E-state index in [4.69, 9.17) is 23.2 Å². The number of anilines is 1. The maximum atomic E-state index is 13.2. The zero-order chi connectivity index (χ0) is 26.2. The third-order valence-electron chi connectivity index (χ3n) is 6.13. The SMILES string of the molecule is Cc1nn(C)c(C)c1S(=O)(=O)N1CCC(NC(=O)c2[nH]ncc2NC(=O)c2c(Cl)cccc2Cl)CC1. The quantitative estimate of drug-likeness (QED) is 0.428. The highest BCUT2D eigenvalue weighted by atomic mass is 35.5. The number of carbonyl (C=O) groups is 2. The van der Waals surface area contributed by atoms with Crippen LogP contribution < -0.4 is 10.6 Å². The zero-order valence-corrected chi connectivity index (χ0v) is 22.1. The Morgan fingerprint density at radius 3 is 2.33 bits per heavy atom. The number of benzene rings is 1. The van der Waals surface area contributed by atoms with E-state index in [1.54, 1.807) is 31.6 Å². The van der Waals surface area contributed by atoms with Gasteiger partial charge in [0.25, 0.3) is 11.8 Å². The van der Waals surface area contributed by atoms with E-state index in [0.717, 1.165) is 0 Å². The van der Waals surface area contributed by atoms with Gasteiger partial charge in [-0.15, -0.1) is 0 Å². The molecule has 1 saturated heterocycles. The van der Waals surface area contributed by atoms with Crippen LogP contribution in [0.3, 0.4) is 0 Å². The predicted octanol–water partition coefficient (Wildman–Crippen LogP) is 2.90. The molecule has 0 radical (unpaired) electrons. The van der Waals surface area contributed by atoms with Crippen molar-refractivity contribution >= 4 is 50.7 Å². The minimum absolute atomic E-state index is 0.0585. The number of halogens is 2. The fraction of sp³-hybridized carbons (Fsp3) is 0.364. The molecule has 0 spiro atoms. The monoisotopic (exact) mass is 553 g/mol. The molecule has 2 aromatic heterocycles. The van der Waals surface area contributed by atoms with Crippen LogP contribution in [-0.2, 0) is 17.1 Å². The molecule has 3 heterocycles. The molecule has 3 aromatic rings. The summed E-state index contributed by atoms with van der Waals surface area (Å²) in [4.78, 5) is 25.8. The lowest BCUT2D eigenvalue weighted by atomic mass is 10.1. The summed E-state index contributed by atoms with van der Waals surface area (Å²) in [5, 5.41) is 16.5. The molecule has 3 N–H and O–H groups in total. The minimum Gasteiger partial charge on any atom is -0.348 e. The van der Waals surface area contributed by atoms with Crippen molar-refractivity contribution in [1.29, 1.82) is 0 Å². The van der Waals surface area contributed by atoms with Crippen LogP contribution in [0, 0.1) is 13.8 Å². The molecule has 0 unspecified atom stereocenters. The van der Waals surface area contributed by atoms with Gasteiger partial charge in [-0.1, -0.05) is 29.3 Å². The van der Waals surface area contributed by atoms with E-state index in [-0.39, 0.29) is 51.0 Å². The molecule has 192 valence electrons. The van der Waals surface area contributed by atoms with E-state index in [2.05, 4.69) is 25.9 Å². The summed E-state index contributed by atoms with van der Waals surface area (Å²) in [5.41, 5.74) is 1.34. The van der Waals surface area contributed by atoms with E-state index in [0.29, 0.717) is 24.2 Å². The van der Waals surface area contributed by atoms with Gasteiger partial charge in [-0.05, 0) is 38.8 Å². The molecule has 1 aliphatic rings. The van der Waals surface area contributed by atoms with Crippen molar-refractivity contribution in [2.24, 2.45) is 7.05 Å². The van der Waals surface area contributed by atoms with Crippen molar-refractivity contribution in [3.63, 3.8) is 0 Å². The van der Waals surface area contributed by atoms with Crippen molar-refractivity contribution < 1.29 is 18.0 Å². The highest BCUT2D eigenvalue weighted by molar-refractivity contribution is 7.89. The first-order valence-electron chi connectivity index (χ1n) is 11.1. The van der Waals surface area contributed by atoms with E-state index in [9.17, 15) is 18.0 Å². The second kappa shape index (κ2) is 10.2. The van der Waals surface area contributed by atoms with Gasteiger partial charge < -0.3 is 10.6 Å². The highest BCUT2D eigenvalue weighted by Crippen LogP contribution is 2.27. The number of rotatable bonds is 6. The van der Waals surface area contributed by atoms with Crippen molar-refractivity contribution in [1.82, 2.24) is 29.6 Å². The standard InChI is InChI=1S/C22H25Cl2N7O4S/c1-12-20(13(2)30(3)29-12)36(34,35)31-9-7-14(8-10-31)26-22(33)19-17(11-25-28-19)27-21(32)18-15(23)5-4-6-16(18)24/h4-6,11,14H,7-10H2,1-3H3,(H,25,28)(H,26,33)(H,27,32). The van der Waals surface area contributed by atoms with Gasteiger partial charge >= 0.3 is 0 Å². The predicted molar refractivity (Wildman–Crippen MR) is 135 cm³/mol. The van der Waals surface area contributed by atoms with E-state index in [1.807, 2.05) is 0 Å². The fourth-order valence-electron chi connectivity index (χ4n) is 4.21. The number of aromatic nitrogens is 4. The lowest BCUT2D eigenvalue weighted by molar-refractivity contribution is 0.0919. The molecule has 2 amide bonds. The van der Waals surface area contributed by atoms with Gasteiger partial charge in [0.2, 0.25) is 10.0 Å². The molecule has 1 fully saturated rings. The average Bonchev–Trinajstić information content (AvgIpc) is 3.37. The molecule has 0 bridgehead atoms. The maximum absolute atomic E-state index is 13.2. The van der Waals surface area contributed by atoms with Gasteiger partial charge in [-0.25, -0.2) is 8.42 Å². The summed E-state index contributed by atoms with van der Waals surface area (Å²) in [6.45, 7) is 3.89. The second-order valence-electron chi connectivity index (χ2n) is 8.48. The lowest BCUT2D eigenvalue weighted by Crippen LogP contribution is -2.46. The smallest absolute Gasteiger partial charge is 0.271 e. The van der Waals surface area contributed by atoms with Gasteiger partial charge in [-0.2, -0.15) is 14.5 Å². The van der Waals surface area contributed by atoms with E-state index < -0.39 is 21.8 Å². The molecule has 4 rings (SSSR count). The Morgan fingerprint density at radius 2 is 1.75 bits per heavy atom. The number of hydrogen-bond acceptors (Lipinski definition) is 6. The fourth-order valence-corrected chi connectivity index (χ4v) is 6.65. The Balaban J connectivity index is 1.40. The number of nitrogens with one attached hydrogen (secondary N) is 3. The van der Waals surface area contributed by atoms with Crippen LogP contribution >= 0.6 is 23.2 Å². The largest absolute Gasteiger partial charge is 0.348 e. The van der Waals surface area contributed by atoms with Gasteiger partial charge in [0.1, 0.15) is 10.6 Å². The summed E-state index contributed by atoms with van der Waals surface area (Å²) >= 11 is 12.2. The topological polar surface area (TPSA) is 142 Å². The minimum atomic E-state index is -3.70. The van der Waals surface area contributed by atoms with Gasteiger partial charge in [0.15, 0.2) is 0 Å². The van der Waals surface area contributed by atoms with Crippen molar-refractivity contribution in [2.45, 2.75) is 37.6 Å². The summed E-state index contributed by atoms with van der Waals surface area (Å²) < 4.78 is 29.3. The molecular weight excluding hydrogens is 529 g/mol. The number of nitrogens with zero attached hydrogens (tertiary/aromatic N) is 4. The molecule has 0 atom stereocenters. The third kappa shape index (κ3) is 4.99. The van der Waals surface area contributed by atoms with Crippen molar-refractivity contribution in [3.05, 3.63) is 57.1 Å². The summed E-state index contributed by atoms with van der Waals surface area (Å²) in [5.74, 6) is -1.06. The molecular formula is C22H25Cl2N7O4S. The van der Waals surface area contributed by atoms with Gasteiger partial charge in [-0.3, -0.25) is 19.4 Å². The molecule has 0 saturated carbocycles. The molecule has 36 heavy (non-hydrogen) atoms. The number of amides is 2. The number of sulfonamides is 1. The van der Waals surface area contributed by atoms with Crippen LogP contribution in [0.1, 0.15) is 45.1 Å². The summed E-state index contributed by atoms with van der Waals surface area (Å²) in [7, 11) is -1.99. The van der Waals surface area contributed by atoms with Crippen molar-refractivity contribution in [3.8, 4) is 0 Å². The second-order valence-corrected chi connectivity index (χ2v) is 11.2. The molecule has 1 aliphatic heterocycles. The maximum Gasteiger partial charge on any atom is 0.271 e.